The second kappa shape index (κ2) is 7.46. The lowest BCUT2D eigenvalue weighted by molar-refractivity contribution is 0.0224. The first kappa shape index (κ1) is 20.2. The number of nitrogens with one attached hydrogen (secondary N) is 2. The van der Waals surface area contributed by atoms with Crippen molar-refractivity contribution in [2.45, 2.75) is 57.6 Å². The average Bonchev–Trinajstić information content (AvgIpc) is 3.02. The van der Waals surface area contributed by atoms with E-state index in [0.717, 1.165) is 17.7 Å². The van der Waals surface area contributed by atoms with Crippen LogP contribution in [0, 0.1) is 0 Å². The molecule has 3 rings (SSSR count). The topological polar surface area (TPSA) is 104 Å². The molecule has 28 heavy (non-hydrogen) atoms. The molecular formula is C19H26N4O4S. The maximum absolute atomic E-state index is 12.7. The maximum atomic E-state index is 12.7. The second-order valence-electron chi connectivity index (χ2n) is 7.78. The van der Waals surface area contributed by atoms with E-state index in [4.69, 9.17) is 4.74 Å². The number of benzene rings is 1. The molecule has 9 heteroatoms. The monoisotopic (exact) mass is 406 g/mol. The number of hydrogen-bond acceptors (Lipinski definition) is 5. The van der Waals surface area contributed by atoms with Crippen LogP contribution in [0.25, 0.3) is 0 Å². The van der Waals surface area contributed by atoms with Crippen molar-refractivity contribution in [3.05, 3.63) is 41.1 Å². The SMILES string of the molecule is CCc1ccc(S(=O)(=O)Nc2n[nH]c3c2CN(C(=O)OC(C)(C)C)CC3)cc1. The Morgan fingerprint density at radius 1 is 1.29 bits per heavy atom. The van der Waals surface area contributed by atoms with Crippen molar-refractivity contribution < 1.29 is 17.9 Å². The Labute approximate surface area is 165 Å². The van der Waals surface area contributed by atoms with Gasteiger partial charge in [0.2, 0.25) is 0 Å². The number of aromatic nitrogens is 2. The highest BCUT2D eigenvalue weighted by atomic mass is 32.2. The van der Waals surface area contributed by atoms with Crippen molar-refractivity contribution >= 4 is 21.9 Å². The average molecular weight is 407 g/mol. The van der Waals surface area contributed by atoms with Crippen LogP contribution in [0.1, 0.15) is 44.5 Å². The third-order valence-electron chi connectivity index (χ3n) is 4.46. The number of sulfonamides is 1. The molecule has 1 aliphatic heterocycles. The minimum atomic E-state index is -3.78. The van der Waals surface area contributed by atoms with Gasteiger partial charge in [0, 0.05) is 24.2 Å². The first-order valence-corrected chi connectivity index (χ1v) is 10.7. The molecule has 8 nitrogen and oxygen atoms in total. The van der Waals surface area contributed by atoms with E-state index in [0.29, 0.717) is 18.5 Å². The fourth-order valence-corrected chi connectivity index (χ4v) is 3.99. The van der Waals surface area contributed by atoms with Gasteiger partial charge in [-0.15, -0.1) is 0 Å². The summed E-state index contributed by atoms with van der Waals surface area (Å²) < 4.78 is 33.4. The van der Waals surface area contributed by atoms with Gasteiger partial charge in [-0.25, -0.2) is 13.2 Å². The molecule has 152 valence electrons. The van der Waals surface area contributed by atoms with E-state index in [1.165, 1.54) is 0 Å². The molecule has 0 saturated carbocycles. The molecule has 2 heterocycles. The van der Waals surface area contributed by atoms with E-state index >= 15 is 0 Å². The van der Waals surface area contributed by atoms with Gasteiger partial charge in [-0.3, -0.25) is 9.82 Å². The summed E-state index contributed by atoms with van der Waals surface area (Å²) in [5.74, 6) is 0.211. The number of carbonyl (C=O) groups is 1. The van der Waals surface area contributed by atoms with E-state index < -0.39 is 21.7 Å². The Balaban J connectivity index is 1.79. The van der Waals surface area contributed by atoms with Crippen LogP contribution in [0.3, 0.4) is 0 Å². The first-order valence-electron chi connectivity index (χ1n) is 9.25. The number of ether oxygens (including phenoxy) is 1. The molecule has 0 radical (unpaired) electrons. The van der Waals surface area contributed by atoms with Gasteiger partial charge in [-0.05, 0) is 44.9 Å². The number of nitrogens with zero attached hydrogens (tertiary/aromatic N) is 2. The minimum Gasteiger partial charge on any atom is -0.444 e. The Kier molecular flexibility index (Phi) is 5.38. The third-order valence-corrected chi connectivity index (χ3v) is 5.81. The number of hydrogen-bond donors (Lipinski definition) is 2. The predicted molar refractivity (Wildman–Crippen MR) is 106 cm³/mol. The third kappa shape index (κ3) is 4.46. The summed E-state index contributed by atoms with van der Waals surface area (Å²) in [5.41, 5.74) is 1.94. The van der Waals surface area contributed by atoms with Gasteiger partial charge in [0.25, 0.3) is 10.0 Å². The van der Waals surface area contributed by atoms with Gasteiger partial charge in [0.1, 0.15) is 5.60 Å². The van der Waals surface area contributed by atoms with E-state index in [1.807, 2.05) is 27.7 Å². The van der Waals surface area contributed by atoms with Gasteiger partial charge in [0.05, 0.1) is 11.4 Å². The van der Waals surface area contributed by atoms with Crippen molar-refractivity contribution in [2.75, 3.05) is 11.3 Å². The van der Waals surface area contributed by atoms with E-state index in [1.54, 1.807) is 29.2 Å². The quantitative estimate of drug-likeness (QED) is 0.812. The van der Waals surface area contributed by atoms with Crippen LogP contribution in [-0.4, -0.2) is 41.8 Å². The molecule has 1 aromatic heterocycles. The lowest BCUT2D eigenvalue weighted by Gasteiger charge is -2.30. The molecule has 1 aliphatic rings. The summed E-state index contributed by atoms with van der Waals surface area (Å²) in [6, 6.07) is 6.73. The van der Waals surface area contributed by atoms with Crippen LogP contribution in [0.5, 0.6) is 0 Å². The van der Waals surface area contributed by atoms with Crippen LogP contribution >= 0.6 is 0 Å². The van der Waals surface area contributed by atoms with Crippen LogP contribution < -0.4 is 4.72 Å². The highest BCUT2D eigenvalue weighted by Crippen LogP contribution is 2.27. The van der Waals surface area contributed by atoms with E-state index in [9.17, 15) is 13.2 Å². The zero-order valence-corrected chi connectivity index (χ0v) is 17.4. The van der Waals surface area contributed by atoms with Gasteiger partial charge in [0.15, 0.2) is 5.82 Å². The second-order valence-corrected chi connectivity index (χ2v) is 9.47. The molecule has 0 saturated heterocycles. The Morgan fingerprint density at radius 2 is 1.96 bits per heavy atom. The van der Waals surface area contributed by atoms with Crippen molar-refractivity contribution in [1.82, 2.24) is 15.1 Å². The molecule has 0 aliphatic carbocycles. The molecule has 2 aromatic rings. The lowest BCUT2D eigenvalue weighted by Crippen LogP contribution is -2.40. The highest BCUT2D eigenvalue weighted by Gasteiger charge is 2.30. The number of amides is 1. The summed E-state index contributed by atoms with van der Waals surface area (Å²) >= 11 is 0. The van der Waals surface area contributed by atoms with E-state index in [-0.39, 0.29) is 17.3 Å². The number of anilines is 1. The van der Waals surface area contributed by atoms with Crippen LogP contribution in [0.2, 0.25) is 0 Å². The number of aryl methyl sites for hydroxylation is 1. The molecule has 0 bridgehead atoms. The van der Waals surface area contributed by atoms with Gasteiger partial charge < -0.3 is 9.64 Å². The first-order chi connectivity index (χ1) is 13.1. The highest BCUT2D eigenvalue weighted by molar-refractivity contribution is 7.92. The predicted octanol–water partition coefficient (Wildman–Crippen LogP) is 3.07. The van der Waals surface area contributed by atoms with Crippen molar-refractivity contribution in [3.63, 3.8) is 0 Å². The molecule has 1 aromatic carbocycles. The summed E-state index contributed by atoms with van der Waals surface area (Å²) in [6.45, 7) is 8.14. The summed E-state index contributed by atoms with van der Waals surface area (Å²) in [5, 5.41) is 6.99. The maximum Gasteiger partial charge on any atom is 0.410 e. The molecule has 0 spiro atoms. The molecular weight excluding hydrogens is 380 g/mol. The summed E-state index contributed by atoms with van der Waals surface area (Å²) in [7, 11) is -3.78. The normalized spacial score (nSPS) is 14.5. The largest absolute Gasteiger partial charge is 0.444 e. The molecule has 0 unspecified atom stereocenters. The van der Waals surface area contributed by atoms with Crippen LogP contribution in [0.15, 0.2) is 29.2 Å². The van der Waals surface area contributed by atoms with Crippen LogP contribution in [0.4, 0.5) is 10.6 Å². The van der Waals surface area contributed by atoms with Gasteiger partial charge in [-0.2, -0.15) is 5.10 Å². The summed E-state index contributed by atoms with van der Waals surface area (Å²) in [4.78, 5) is 14.1. The number of rotatable bonds is 4. The fraction of sp³-hybridized carbons (Fsp3) is 0.474. The number of carbonyl (C=O) groups excluding carboxylic acids is 1. The van der Waals surface area contributed by atoms with Gasteiger partial charge >= 0.3 is 6.09 Å². The van der Waals surface area contributed by atoms with E-state index in [2.05, 4.69) is 14.9 Å². The molecule has 2 N–H and O–H groups in total. The number of H-pyrrole nitrogens is 1. The standard InChI is InChI=1S/C19H26N4O4S/c1-5-13-6-8-14(9-7-13)28(25,26)22-17-15-12-23(11-10-16(15)20-21-17)18(24)27-19(2,3)4/h6-9H,5,10-12H2,1-4H3,(H2,20,21,22). The van der Waals surface area contributed by atoms with Crippen molar-refractivity contribution in [3.8, 4) is 0 Å². The molecule has 0 atom stereocenters. The van der Waals surface area contributed by atoms with Crippen molar-refractivity contribution in [2.24, 2.45) is 0 Å². The zero-order valence-electron chi connectivity index (χ0n) is 16.6. The zero-order chi connectivity index (χ0) is 20.5. The fourth-order valence-electron chi connectivity index (χ4n) is 2.95. The number of fused-ring (bicyclic) bond motifs is 1. The molecule has 0 fully saturated rings. The van der Waals surface area contributed by atoms with Gasteiger partial charge in [-0.1, -0.05) is 19.1 Å². The Hall–Kier alpha value is -2.55. The lowest BCUT2D eigenvalue weighted by atomic mass is 10.1. The van der Waals surface area contributed by atoms with Crippen LogP contribution in [-0.2, 0) is 34.1 Å². The smallest absolute Gasteiger partial charge is 0.410 e. The Morgan fingerprint density at radius 3 is 2.57 bits per heavy atom. The number of aromatic amines is 1. The van der Waals surface area contributed by atoms with Crippen molar-refractivity contribution in [1.29, 1.82) is 0 Å². The minimum absolute atomic E-state index is 0.168. The molecule has 1 amide bonds. The Bertz CT molecular complexity index is 959. The summed E-state index contributed by atoms with van der Waals surface area (Å²) in [6.07, 6.45) is 0.957.